The first kappa shape index (κ1) is 16.7. The fourth-order valence-electron chi connectivity index (χ4n) is 0.475. The van der Waals surface area contributed by atoms with Crippen molar-refractivity contribution in [1.82, 2.24) is 0 Å². The molecule has 92 valence electrons. The predicted molar refractivity (Wildman–Crippen MR) is 55.8 cm³/mol. The van der Waals surface area contributed by atoms with Crippen LogP contribution in [0.25, 0.3) is 0 Å². The van der Waals surface area contributed by atoms with Crippen LogP contribution in [0, 0.1) is 0 Å². The Balaban J connectivity index is 0. The van der Waals surface area contributed by atoms with E-state index in [2.05, 4.69) is 11.3 Å². The van der Waals surface area contributed by atoms with Gasteiger partial charge in [0.25, 0.3) is 0 Å². The van der Waals surface area contributed by atoms with Gasteiger partial charge in [0.2, 0.25) is 0 Å². The third kappa shape index (κ3) is 18.2. The van der Waals surface area contributed by atoms with Crippen LogP contribution in [0.15, 0.2) is 12.7 Å². The van der Waals surface area contributed by atoms with Gasteiger partial charge in [-0.15, -0.1) is 0 Å². The van der Waals surface area contributed by atoms with E-state index in [0.717, 1.165) is 6.08 Å². The van der Waals surface area contributed by atoms with Crippen LogP contribution in [0.5, 0.6) is 0 Å². The van der Waals surface area contributed by atoms with E-state index in [9.17, 15) is 14.4 Å². The zero-order valence-corrected chi connectivity index (χ0v) is 9.30. The molecule has 0 aliphatic heterocycles. The van der Waals surface area contributed by atoms with Crippen molar-refractivity contribution in [2.24, 2.45) is 0 Å². The van der Waals surface area contributed by atoms with Crippen molar-refractivity contribution in [3.05, 3.63) is 12.7 Å². The molecule has 0 heterocycles. The predicted octanol–water partition coefficient (Wildman–Crippen LogP) is 0.147. The van der Waals surface area contributed by atoms with Crippen molar-refractivity contribution in [2.45, 2.75) is 26.4 Å². The number of hydrogen-bond donors (Lipinski definition) is 2. The number of carbonyl (C=O) groups is 3. The summed E-state index contributed by atoms with van der Waals surface area (Å²) in [6.07, 6.45) is 0.0939. The third-order valence-electron chi connectivity index (χ3n) is 1.03. The fourth-order valence-corrected chi connectivity index (χ4v) is 0.475. The third-order valence-corrected chi connectivity index (χ3v) is 1.03. The van der Waals surface area contributed by atoms with Crippen molar-refractivity contribution in [1.29, 1.82) is 0 Å². The van der Waals surface area contributed by atoms with Gasteiger partial charge < -0.3 is 14.9 Å². The highest BCUT2D eigenvalue weighted by atomic mass is 16.5. The zero-order chi connectivity index (χ0) is 13.1. The lowest BCUT2D eigenvalue weighted by Crippen LogP contribution is -2.13. The Hall–Kier alpha value is -1.69. The van der Waals surface area contributed by atoms with E-state index in [1.165, 1.54) is 13.8 Å². The molecule has 0 spiro atoms. The highest BCUT2D eigenvalue weighted by Gasteiger charge is 1.98. The average molecular weight is 232 g/mol. The molecule has 0 saturated heterocycles. The standard InChI is InChI=1S/C6H10O3.C4H6O3/c1-3-6(8)9-4-5(2)7;1-3(5)2-4(6)7/h3,5,7H,1,4H2,2H3;2H2,1H3,(H,6,7). The van der Waals surface area contributed by atoms with E-state index in [1.807, 2.05) is 0 Å². The van der Waals surface area contributed by atoms with Gasteiger partial charge in [0.05, 0.1) is 6.10 Å². The Labute approximate surface area is 93.5 Å². The summed E-state index contributed by atoms with van der Waals surface area (Å²) >= 11 is 0. The number of aliphatic hydroxyl groups is 1. The van der Waals surface area contributed by atoms with Crippen molar-refractivity contribution < 1.29 is 29.3 Å². The van der Waals surface area contributed by atoms with Crippen LogP contribution in [0.1, 0.15) is 20.3 Å². The van der Waals surface area contributed by atoms with E-state index < -0.39 is 18.0 Å². The average Bonchev–Trinajstić information content (AvgIpc) is 2.12. The van der Waals surface area contributed by atoms with Crippen molar-refractivity contribution in [3.63, 3.8) is 0 Å². The topological polar surface area (TPSA) is 101 Å². The summed E-state index contributed by atoms with van der Waals surface area (Å²) in [5.74, 6) is -1.88. The Kier molecular flexibility index (Phi) is 10.3. The first-order chi connectivity index (χ1) is 7.29. The molecule has 1 atom stereocenters. The second-order valence-electron chi connectivity index (χ2n) is 2.96. The lowest BCUT2D eigenvalue weighted by molar-refractivity contribution is -0.141. The van der Waals surface area contributed by atoms with Crippen LogP contribution < -0.4 is 0 Å². The number of ether oxygens (including phenoxy) is 1. The first-order valence-electron chi connectivity index (χ1n) is 4.48. The minimum atomic E-state index is -1.06. The molecule has 6 heteroatoms. The second kappa shape index (κ2) is 9.85. The van der Waals surface area contributed by atoms with Crippen LogP contribution in [0.2, 0.25) is 0 Å². The minimum absolute atomic E-state index is 0.0326. The molecule has 0 fully saturated rings. The molecular formula is C10H16O6. The van der Waals surface area contributed by atoms with Crippen LogP contribution in [0.4, 0.5) is 0 Å². The summed E-state index contributed by atoms with van der Waals surface area (Å²) in [6.45, 7) is 6.00. The number of carboxylic acid groups (broad SMARTS) is 1. The molecule has 6 nitrogen and oxygen atoms in total. The molecule has 0 bridgehead atoms. The van der Waals surface area contributed by atoms with Crippen LogP contribution in [-0.4, -0.2) is 40.6 Å². The largest absolute Gasteiger partial charge is 0.481 e. The summed E-state index contributed by atoms with van der Waals surface area (Å²) in [7, 11) is 0. The molecule has 0 rings (SSSR count). The molecular weight excluding hydrogens is 216 g/mol. The maximum absolute atomic E-state index is 10.3. The molecule has 0 aromatic rings. The van der Waals surface area contributed by atoms with E-state index >= 15 is 0 Å². The number of rotatable bonds is 5. The quantitative estimate of drug-likeness (QED) is 0.397. The first-order valence-corrected chi connectivity index (χ1v) is 4.48. The fraction of sp³-hybridized carbons (Fsp3) is 0.500. The summed E-state index contributed by atoms with van der Waals surface area (Å²) < 4.78 is 4.45. The zero-order valence-electron chi connectivity index (χ0n) is 9.30. The van der Waals surface area contributed by atoms with Crippen molar-refractivity contribution in [2.75, 3.05) is 6.61 Å². The van der Waals surface area contributed by atoms with Crippen LogP contribution >= 0.6 is 0 Å². The van der Waals surface area contributed by atoms with E-state index in [1.54, 1.807) is 0 Å². The monoisotopic (exact) mass is 232 g/mol. The minimum Gasteiger partial charge on any atom is -0.481 e. The van der Waals surface area contributed by atoms with Gasteiger partial charge in [-0.2, -0.15) is 0 Å². The number of carboxylic acids is 1. The summed E-state index contributed by atoms with van der Waals surface area (Å²) in [6, 6.07) is 0. The lowest BCUT2D eigenvalue weighted by Gasteiger charge is -2.02. The number of carbonyl (C=O) groups excluding carboxylic acids is 2. The smallest absolute Gasteiger partial charge is 0.330 e. The lowest BCUT2D eigenvalue weighted by atomic mass is 10.3. The van der Waals surface area contributed by atoms with E-state index in [-0.39, 0.29) is 18.8 Å². The Morgan fingerprint density at radius 3 is 2.12 bits per heavy atom. The van der Waals surface area contributed by atoms with Crippen LogP contribution in [0.3, 0.4) is 0 Å². The van der Waals surface area contributed by atoms with Gasteiger partial charge in [0.1, 0.15) is 18.8 Å². The van der Waals surface area contributed by atoms with Gasteiger partial charge in [-0.1, -0.05) is 6.58 Å². The number of aliphatic hydroxyl groups excluding tert-OH is 1. The van der Waals surface area contributed by atoms with Gasteiger partial charge in [-0.3, -0.25) is 9.59 Å². The molecule has 0 aromatic carbocycles. The number of esters is 1. The van der Waals surface area contributed by atoms with E-state index in [4.69, 9.17) is 10.2 Å². The Morgan fingerprint density at radius 1 is 1.44 bits per heavy atom. The molecule has 0 aliphatic rings. The highest BCUT2D eigenvalue weighted by Crippen LogP contribution is 1.83. The van der Waals surface area contributed by atoms with Crippen LogP contribution in [-0.2, 0) is 19.1 Å². The number of Topliss-reactive ketones (excluding diaryl/α,β-unsaturated/α-hetero) is 1. The summed E-state index contributed by atoms with van der Waals surface area (Å²) in [5.41, 5.74) is 0. The second-order valence-corrected chi connectivity index (χ2v) is 2.96. The summed E-state index contributed by atoms with van der Waals surface area (Å²) in [4.78, 5) is 29.7. The van der Waals surface area contributed by atoms with Crippen molar-refractivity contribution >= 4 is 17.7 Å². The maximum atomic E-state index is 10.3. The van der Waals surface area contributed by atoms with E-state index in [0.29, 0.717) is 0 Å². The molecule has 0 saturated carbocycles. The molecule has 1 unspecified atom stereocenters. The molecule has 0 aromatic heterocycles. The molecule has 0 radical (unpaired) electrons. The van der Waals surface area contributed by atoms with Gasteiger partial charge >= 0.3 is 11.9 Å². The highest BCUT2D eigenvalue weighted by molar-refractivity contribution is 5.93. The summed E-state index contributed by atoms with van der Waals surface area (Å²) in [5, 5.41) is 16.4. The number of aliphatic carboxylic acids is 1. The Bertz CT molecular complexity index is 244. The molecule has 0 amide bonds. The van der Waals surface area contributed by atoms with Crippen molar-refractivity contribution in [3.8, 4) is 0 Å². The Morgan fingerprint density at radius 2 is 1.94 bits per heavy atom. The maximum Gasteiger partial charge on any atom is 0.330 e. The van der Waals surface area contributed by atoms with Gasteiger partial charge in [0, 0.05) is 6.08 Å². The molecule has 16 heavy (non-hydrogen) atoms. The van der Waals surface area contributed by atoms with Gasteiger partial charge in [-0.25, -0.2) is 4.79 Å². The van der Waals surface area contributed by atoms with Gasteiger partial charge in [-0.05, 0) is 13.8 Å². The number of hydrogen-bond acceptors (Lipinski definition) is 5. The SMILES string of the molecule is C=CC(=O)OCC(C)O.CC(=O)CC(=O)O. The van der Waals surface area contributed by atoms with Gasteiger partial charge in [0.15, 0.2) is 0 Å². The molecule has 0 aliphatic carbocycles. The normalized spacial score (nSPS) is 10.4. The number of ketones is 1. The molecule has 2 N–H and O–H groups in total.